The molecule has 1 N–H and O–H groups in total. The van der Waals surface area contributed by atoms with Crippen LogP contribution in [0, 0.1) is 0 Å². The molecule has 0 radical (unpaired) electrons. The van der Waals surface area contributed by atoms with Crippen LogP contribution in [0.1, 0.15) is 40.9 Å². The zero-order chi connectivity index (χ0) is 19.8. The Kier molecular flexibility index (Phi) is 5.92. The summed E-state index contributed by atoms with van der Waals surface area (Å²) in [5.41, 5.74) is 2.93. The van der Waals surface area contributed by atoms with Gasteiger partial charge >= 0.3 is 0 Å². The highest BCUT2D eigenvalue weighted by Crippen LogP contribution is 2.29. The number of likely N-dealkylation sites (tertiary alicyclic amines) is 1. The minimum absolute atomic E-state index is 0. The number of benzene rings is 1. The number of amides is 1. The van der Waals surface area contributed by atoms with Crippen LogP contribution in [0.25, 0.3) is 11.3 Å². The predicted octanol–water partition coefficient (Wildman–Crippen LogP) is 2.83. The average Bonchev–Trinajstić information content (AvgIpc) is 3.38. The first-order valence-electron chi connectivity index (χ1n) is 10.4. The number of carbonyl (C=O) groups is 1. The quantitative estimate of drug-likeness (QED) is 0.699. The van der Waals surface area contributed by atoms with Gasteiger partial charge in [-0.2, -0.15) is 0 Å². The highest BCUT2D eigenvalue weighted by molar-refractivity contribution is 5.94. The zero-order valence-corrected chi connectivity index (χ0v) is 17.9. The normalized spacial score (nSPS) is 16.8. The Morgan fingerprint density at radius 1 is 1.03 bits per heavy atom. The summed E-state index contributed by atoms with van der Waals surface area (Å²) in [5, 5.41) is 12.1. The van der Waals surface area contributed by atoms with E-state index < -0.39 is 0 Å². The lowest BCUT2D eigenvalue weighted by Crippen LogP contribution is -2.39. The van der Waals surface area contributed by atoms with E-state index in [0.29, 0.717) is 5.92 Å². The molecule has 5 rings (SSSR count). The number of hydrogen-bond donors (Lipinski definition) is 1. The number of rotatable bonds is 3. The fourth-order valence-electron chi connectivity index (χ4n) is 4.54. The summed E-state index contributed by atoms with van der Waals surface area (Å²) in [7, 11) is 1.97. The standard InChI is InChI=1S/C22H26N6O.ClH/c1-26-18(16-5-3-2-4-6-16)7-8-19(26)22(29)27-12-9-17(10-13-27)21-25-24-20-15-23-11-14-28(20)21;/h2-8,17,23H,9-15H2,1H3;1H. The number of piperidine rings is 1. The molecule has 2 aromatic heterocycles. The minimum Gasteiger partial charge on any atom is -0.340 e. The van der Waals surface area contributed by atoms with Gasteiger partial charge in [-0.05, 0) is 30.5 Å². The Bertz CT molecular complexity index is 1020. The van der Waals surface area contributed by atoms with E-state index >= 15 is 0 Å². The van der Waals surface area contributed by atoms with Crippen molar-refractivity contribution >= 4 is 18.3 Å². The maximum atomic E-state index is 13.2. The van der Waals surface area contributed by atoms with Crippen molar-refractivity contribution < 1.29 is 4.79 Å². The van der Waals surface area contributed by atoms with Gasteiger partial charge in [0.05, 0.1) is 6.54 Å². The van der Waals surface area contributed by atoms with Gasteiger partial charge in [-0.3, -0.25) is 4.79 Å². The Balaban J connectivity index is 0.00000218. The first-order chi connectivity index (χ1) is 14.2. The van der Waals surface area contributed by atoms with Crippen molar-refractivity contribution in [2.75, 3.05) is 19.6 Å². The molecule has 2 aliphatic rings. The SMILES string of the molecule is Cl.Cn1c(C(=O)N2CCC(c3nnc4n3CCNC4)CC2)ccc1-c1ccccc1. The number of halogens is 1. The minimum atomic E-state index is 0. The van der Waals surface area contributed by atoms with Gasteiger partial charge in [0.2, 0.25) is 0 Å². The average molecular weight is 427 g/mol. The van der Waals surface area contributed by atoms with Crippen LogP contribution in [0.5, 0.6) is 0 Å². The van der Waals surface area contributed by atoms with Crippen molar-refractivity contribution in [1.82, 2.24) is 29.5 Å². The van der Waals surface area contributed by atoms with Crippen LogP contribution < -0.4 is 5.32 Å². The molecule has 7 nitrogen and oxygen atoms in total. The van der Waals surface area contributed by atoms with E-state index in [1.165, 1.54) is 0 Å². The summed E-state index contributed by atoms with van der Waals surface area (Å²) in [5.74, 6) is 2.62. The van der Waals surface area contributed by atoms with Crippen LogP contribution in [0.15, 0.2) is 42.5 Å². The molecule has 2 aliphatic heterocycles. The van der Waals surface area contributed by atoms with Crippen molar-refractivity contribution in [1.29, 1.82) is 0 Å². The fourth-order valence-corrected chi connectivity index (χ4v) is 4.54. The molecule has 3 aromatic rings. The van der Waals surface area contributed by atoms with Gasteiger partial charge in [-0.15, -0.1) is 22.6 Å². The van der Waals surface area contributed by atoms with Crippen LogP contribution in [0.2, 0.25) is 0 Å². The summed E-state index contributed by atoms with van der Waals surface area (Å²) in [6, 6.07) is 14.2. The summed E-state index contributed by atoms with van der Waals surface area (Å²) in [6.07, 6.45) is 1.88. The summed E-state index contributed by atoms with van der Waals surface area (Å²) in [6.45, 7) is 4.21. The van der Waals surface area contributed by atoms with Crippen molar-refractivity contribution in [2.24, 2.45) is 7.05 Å². The number of aromatic nitrogens is 4. The Hall–Kier alpha value is -2.64. The van der Waals surface area contributed by atoms with Crippen molar-refractivity contribution in [3.63, 3.8) is 0 Å². The Morgan fingerprint density at radius 3 is 2.57 bits per heavy atom. The third-order valence-corrected chi connectivity index (χ3v) is 6.21. The van der Waals surface area contributed by atoms with Gasteiger partial charge < -0.3 is 19.4 Å². The third kappa shape index (κ3) is 3.63. The van der Waals surface area contributed by atoms with Crippen LogP contribution in [-0.4, -0.2) is 49.8 Å². The van der Waals surface area contributed by atoms with Crippen LogP contribution in [0.4, 0.5) is 0 Å². The van der Waals surface area contributed by atoms with Crippen molar-refractivity contribution in [2.45, 2.75) is 31.8 Å². The fraction of sp³-hybridized carbons (Fsp3) is 0.409. The van der Waals surface area contributed by atoms with E-state index in [0.717, 1.165) is 74.2 Å². The largest absolute Gasteiger partial charge is 0.340 e. The molecule has 0 bridgehead atoms. The first-order valence-corrected chi connectivity index (χ1v) is 10.4. The van der Waals surface area contributed by atoms with E-state index in [4.69, 9.17) is 0 Å². The lowest BCUT2D eigenvalue weighted by atomic mass is 9.95. The van der Waals surface area contributed by atoms with Gasteiger partial charge in [-0.1, -0.05) is 30.3 Å². The molecular formula is C22H27ClN6O. The number of fused-ring (bicyclic) bond motifs is 1. The molecule has 0 saturated carbocycles. The topological polar surface area (TPSA) is 68.0 Å². The number of nitrogens with zero attached hydrogens (tertiary/aromatic N) is 5. The van der Waals surface area contributed by atoms with Crippen LogP contribution in [0.3, 0.4) is 0 Å². The number of nitrogens with one attached hydrogen (secondary N) is 1. The summed E-state index contributed by atoms with van der Waals surface area (Å²) in [4.78, 5) is 15.1. The lowest BCUT2D eigenvalue weighted by Gasteiger charge is -2.32. The van der Waals surface area contributed by atoms with E-state index in [1.807, 2.05) is 46.8 Å². The molecule has 1 fully saturated rings. The molecule has 8 heteroatoms. The monoisotopic (exact) mass is 426 g/mol. The molecule has 4 heterocycles. The highest BCUT2D eigenvalue weighted by Gasteiger charge is 2.30. The van der Waals surface area contributed by atoms with Gasteiger partial charge in [0.15, 0.2) is 0 Å². The molecule has 0 aliphatic carbocycles. The predicted molar refractivity (Wildman–Crippen MR) is 118 cm³/mol. The Labute approximate surface area is 182 Å². The molecule has 30 heavy (non-hydrogen) atoms. The number of hydrogen-bond acceptors (Lipinski definition) is 4. The van der Waals surface area contributed by atoms with Crippen LogP contribution >= 0.6 is 12.4 Å². The van der Waals surface area contributed by atoms with Gasteiger partial charge in [-0.25, -0.2) is 0 Å². The van der Waals surface area contributed by atoms with E-state index in [-0.39, 0.29) is 18.3 Å². The van der Waals surface area contributed by atoms with E-state index in [2.05, 4.69) is 32.2 Å². The van der Waals surface area contributed by atoms with Crippen LogP contribution in [-0.2, 0) is 20.1 Å². The summed E-state index contributed by atoms with van der Waals surface area (Å²) >= 11 is 0. The third-order valence-electron chi connectivity index (χ3n) is 6.21. The van der Waals surface area contributed by atoms with Gasteiger partial charge in [0.1, 0.15) is 17.3 Å². The van der Waals surface area contributed by atoms with Crippen molar-refractivity contribution in [3.8, 4) is 11.3 Å². The summed E-state index contributed by atoms with van der Waals surface area (Å²) < 4.78 is 4.27. The molecule has 1 amide bonds. The molecule has 1 aromatic carbocycles. The second kappa shape index (κ2) is 8.62. The van der Waals surface area contributed by atoms with Gasteiger partial charge in [0, 0.05) is 44.8 Å². The van der Waals surface area contributed by atoms with Crippen molar-refractivity contribution in [3.05, 3.63) is 59.8 Å². The number of carbonyl (C=O) groups excluding carboxylic acids is 1. The second-order valence-corrected chi connectivity index (χ2v) is 7.90. The Morgan fingerprint density at radius 2 is 1.80 bits per heavy atom. The van der Waals surface area contributed by atoms with Gasteiger partial charge in [0.25, 0.3) is 5.91 Å². The lowest BCUT2D eigenvalue weighted by molar-refractivity contribution is 0.0700. The van der Waals surface area contributed by atoms with E-state index in [9.17, 15) is 4.79 Å². The molecule has 1 saturated heterocycles. The molecule has 0 unspecified atom stereocenters. The molecular weight excluding hydrogens is 400 g/mol. The highest BCUT2D eigenvalue weighted by atomic mass is 35.5. The first kappa shape index (κ1) is 20.6. The maximum absolute atomic E-state index is 13.2. The van der Waals surface area contributed by atoms with E-state index in [1.54, 1.807) is 0 Å². The smallest absolute Gasteiger partial charge is 0.270 e. The maximum Gasteiger partial charge on any atom is 0.270 e. The molecule has 158 valence electrons. The molecule has 0 atom stereocenters. The molecule has 0 spiro atoms. The zero-order valence-electron chi connectivity index (χ0n) is 17.1. The second-order valence-electron chi connectivity index (χ2n) is 7.90.